The Hall–Kier alpha value is 0.110. The van der Waals surface area contributed by atoms with Crippen LogP contribution in [0.1, 0.15) is 12.8 Å². The van der Waals surface area contributed by atoms with Gasteiger partial charge in [0.15, 0.2) is 0 Å². The van der Waals surface area contributed by atoms with E-state index >= 15 is 0 Å². The molecule has 0 unspecified atom stereocenters. The van der Waals surface area contributed by atoms with Crippen LogP contribution in [0.2, 0.25) is 0 Å². The molecule has 56 valence electrons. The molecule has 1 fully saturated rings. The van der Waals surface area contributed by atoms with Crippen LogP contribution in [0.5, 0.6) is 0 Å². The third-order valence-electron chi connectivity index (χ3n) is 1.71. The zero-order valence-corrected chi connectivity index (χ0v) is 5.70. The average Bonchev–Trinajstić information content (AvgIpc) is 1.61. The van der Waals surface area contributed by atoms with E-state index in [1.165, 1.54) is 0 Å². The Morgan fingerprint density at radius 1 is 1.33 bits per heavy atom. The van der Waals surface area contributed by atoms with E-state index in [0.29, 0.717) is 6.42 Å². The first-order valence-electron chi connectivity index (χ1n) is 2.75. The summed E-state index contributed by atoms with van der Waals surface area (Å²) in [6.45, 7) is 0. The van der Waals surface area contributed by atoms with Gasteiger partial charge in [-0.3, -0.25) is 0 Å². The van der Waals surface area contributed by atoms with Gasteiger partial charge < -0.3 is 5.73 Å². The normalized spacial score (nSPS) is 33.3. The minimum Gasteiger partial charge on any atom is -0.327 e. The van der Waals surface area contributed by atoms with Crippen molar-refractivity contribution < 1.29 is 8.78 Å². The number of hydrogen-bond acceptors (Lipinski definition) is 1. The lowest BCUT2D eigenvalue weighted by Gasteiger charge is -2.32. The molecule has 0 spiro atoms. The molecule has 0 bridgehead atoms. The predicted octanol–water partition coefficient (Wildman–Crippen LogP) is 1.41. The van der Waals surface area contributed by atoms with Crippen molar-refractivity contribution in [3.8, 4) is 0 Å². The molecule has 1 aliphatic carbocycles. The van der Waals surface area contributed by atoms with Gasteiger partial charge in [-0.2, -0.15) is 0 Å². The minimum atomic E-state index is -2.20. The van der Waals surface area contributed by atoms with Crippen LogP contribution in [0.4, 0.5) is 8.78 Å². The number of alkyl halides is 2. The highest BCUT2D eigenvalue weighted by Crippen LogP contribution is 2.30. The molecule has 4 heteroatoms. The van der Waals surface area contributed by atoms with Crippen LogP contribution < -0.4 is 5.73 Å². The summed E-state index contributed by atoms with van der Waals surface area (Å²) in [7, 11) is 0. The summed E-state index contributed by atoms with van der Waals surface area (Å²) in [5.41, 5.74) is 5.24. The molecule has 1 saturated carbocycles. The van der Waals surface area contributed by atoms with Gasteiger partial charge in [-0.15, -0.1) is 12.4 Å². The van der Waals surface area contributed by atoms with Crippen LogP contribution in [0.3, 0.4) is 0 Å². The summed E-state index contributed by atoms with van der Waals surface area (Å²) < 4.78 is 23.3. The first-order chi connectivity index (χ1) is 3.72. The molecule has 0 aliphatic heterocycles. The van der Waals surface area contributed by atoms with E-state index in [1.54, 1.807) is 0 Å². The molecule has 1 nitrogen and oxygen atoms in total. The number of halogens is 3. The van der Waals surface area contributed by atoms with E-state index in [9.17, 15) is 8.78 Å². The molecular formula is C5H10ClF2N. The highest BCUT2D eigenvalue weighted by Gasteiger charge is 2.34. The highest BCUT2D eigenvalue weighted by molar-refractivity contribution is 5.85. The summed E-state index contributed by atoms with van der Waals surface area (Å²) >= 11 is 0. The lowest BCUT2D eigenvalue weighted by atomic mass is 9.81. The van der Waals surface area contributed by atoms with E-state index in [-0.39, 0.29) is 18.4 Å². The van der Waals surface area contributed by atoms with E-state index in [0.717, 1.165) is 6.42 Å². The lowest BCUT2D eigenvalue weighted by Crippen LogP contribution is -2.43. The van der Waals surface area contributed by atoms with Crippen molar-refractivity contribution in [1.82, 2.24) is 0 Å². The largest absolute Gasteiger partial charge is 0.327 e. The first kappa shape index (κ1) is 9.11. The van der Waals surface area contributed by atoms with Crippen molar-refractivity contribution >= 4 is 12.4 Å². The summed E-state index contributed by atoms with van der Waals surface area (Å²) in [5.74, 6) is -0.505. The molecular weight excluding hydrogens is 148 g/mol. The second-order valence-electron chi connectivity index (χ2n) is 2.24. The number of hydrogen-bond donors (Lipinski definition) is 1. The van der Waals surface area contributed by atoms with Gasteiger partial charge >= 0.3 is 0 Å². The zero-order chi connectivity index (χ0) is 6.15. The standard InChI is InChI=1S/C5H9F2N.ClH/c6-5(7)3-1-2-4(3)8;/h3-5H,1-2,8H2;1H/t3-,4-;/m0./s1. The Morgan fingerprint density at radius 2 is 1.89 bits per heavy atom. The van der Waals surface area contributed by atoms with Crippen LogP contribution in [-0.4, -0.2) is 12.5 Å². The Labute approximate surface area is 59.0 Å². The fraction of sp³-hybridized carbons (Fsp3) is 1.00. The number of nitrogens with two attached hydrogens (primary N) is 1. The van der Waals surface area contributed by atoms with Crippen molar-refractivity contribution in [3.05, 3.63) is 0 Å². The molecule has 2 atom stereocenters. The monoisotopic (exact) mass is 157 g/mol. The molecule has 2 N–H and O–H groups in total. The molecule has 0 amide bonds. The van der Waals surface area contributed by atoms with Crippen molar-refractivity contribution in [2.24, 2.45) is 11.7 Å². The Morgan fingerprint density at radius 3 is 1.89 bits per heavy atom. The second-order valence-corrected chi connectivity index (χ2v) is 2.24. The van der Waals surface area contributed by atoms with Gasteiger partial charge in [0.2, 0.25) is 6.43 Å². The quantitative estimate of drug-likeness (QED) is 0.612. The minimum absolute atomic E-state index is 0. The Bertz CT molecular complexity index is 84.3. The SMILES string of the molecule is Cl.N[C@H]1CC[C@@H]1C(F)F. The van der Waals surface area contributed by atoms with Crippen molar-refractivity contribution in [2.75, 3.05) is 0 Å². The Kier molecular flexibility index (Phi) is 3.36. The zero-order valence-electron chi connectivity index (χ0n) is 4.89. The van der Waals surface area contributed by atoms with Gasteiger partial charge in [-0.25, -0.2) is 8.78 Å². The predicted molar refractivity (Wildman–Crippen MR) is 34.0 cm³/mol. The van der Waals surface area contributed by atoms with Crippen molar-refractivity contribution in [2.45, 2.75) is 25.3 Å². The van der Waals surface area contributed by atoms with E-state index < -0.39 is 12.3 Å². The average molecular weight is 158 g/mol. The summed E-state index contributed by atoms with van der Waals surface area (Å²) in [6.07, 6.45) is -0.813. The third kappa shape index (κ3) is 1.76. The third-order valence-corrected chi connectivity index (χ3v) is 1.71. The van der Waals surface area contributed by atoms with Gasteiger partial charge in [0.1, 0.15) is 0 Å². The summed E-state index contributed by atoms with van der Waals surface area (Å²) in [5, 5.41) is 0. The van der Waals surface area contributed by atoms with Crippen LogP contribution >= 0.6 is 12.4 Å². The molecule has 0 heterocycles. The van der Waals surface area contributed by atoms with Crippen LogP contribution in [-0.2, 0) is 0 Å². The molecule has 0 aromatic rings. The lowest BCUT2D eigenvalue weighted by molar-refractivity contribution is 0.0193. The molecule has 0 radical (unpaired) electrons. The molecule has 0 aromatic carbocycles. The highest BCUT2D eigenvalue weighted by atomic mass is 35.5. The van der Waals surface area contributed by atoms with Crippen LogP contribution in [0.25, 0.3) is 0 Å². The van der Waals surface area contributed by atoms with E-state index in [1.807, 2.05) is 0 Å². The fourth-order valence-corrected chi connectivity index (χ4v) is 0.864. The summed E-state index contributed by atoms with van der Waals surface area (Å²) in [4.78, 5) is 0. The maximum absolute atomic E-state index is 11.7. The fourth-order valence-electron chi connectivity index (χ4n) is 0.864. The maximum atomic E-state index is 11.7. The van der Waals surface area contributed by atoms with Gasteiger partial charge in [0.25, 0.3) is 0 Å². The Balaban J connectivity index is 0.000000640. The van der Waals surface area contributed by atoms with Crippen molar-refractivity contribution in [1.29, 1.82) is 0 Å². The maximum Gasteiger partial charge on any atom is 0.242 e. The van der Waals surface area contributed by atoms with Gasteiger partial charge in [-0.05, 0) is 12.8 Å². The van der Waals surface area contributed by atoms with Gasteiger partial charge in [0.05, 0.1) is 0 Å². The van der Waals surface area contributed by atoms with E-state index in [2.05, 4.69) is 0 Å². The molecule has 1 rings (SSSR count). The van der Waals surface area contributed by atoms with Gasteiger partial charge in [0, 0.05) is 12.0 Å². The molecule has 0 saturated heterocycles. The van der Waals surface area contributed by atoms with Crippen molar-refractivity contribution in [3.63, 3.8) is 0 Å². The molecule has 1 aliphatic rings. The smallest absolute Gasteiger partial charge is 0.242 e. The summed E-state index contributed by atoms with van der Waals surface area (Å²) in [6, 6.07) is -0.227. The van der Waals surface area contributed by atoms with E-state index in [4.69, 9.17) is 5.73 Å². The van der Waals surface area contributed by atoms with Crippen LogP contribution in [0.15, 0.2) is 0 Å². The first-order valence-corrected chi connectivity index (χ1v) is 2.75. The number of rotatable bonds is 1. The van der Waals surface area contributed by atoms with Gasteiger partial charge in [-0.1, -0.05) is 0 Å². The van der Waals surface area contributed by atoms with Crippen LogP contribution in [0, 0.1) is 5.92 Å². The topological polar surface area (TPSA) is 26.0 Å². The molecule has 9 heavy (non-hydrogen) atoms. The molecule has 0 aromatic heterocycles. The second kappa shape index (κ2) is 3.32.